The Balaban J connectivity index is 3.28. The zero-order chi connectivity index (χ0) is 13.2. The minimum atomic E-state index is -4.34. The smallest absolute Gasteiger partial charge is 0.393 e. The van der Waals surface area contributed by atoms with Gasteiger partial charge in [0.2, 0.25) is 0 Å². The van der Waals surface area contributed by atoms with Gasteiger partial charge in [0.25, 0.3) is 0 Å². The highest BCUT2D eigenvalue weighted by Crippen LogP contribution is 2.30. The molecule has 0 spiro atoms. The number of benzene rings is 1. The van der Waals surface area contributed by atoms with Crippen LogP contribution in [0.5, 0.6) is 0 Å². The Labute approximate surface area is 97.6 Å². The zero-order valence-corrected chi connectivity index (χ0v) is 9.79. The molecule has 2 N–H and O–H groups in total. The Morgan fingerprint density at radius 3 is 2.35 bits per heavy atom. The molecule has 0 aliphatic rings. The van der Waals surface area contributed by atoms with Gasteiger partial charge < -0.3 is 5.73 Å². The third-order valence-electron chi connectivity index (χ3n) is 2.65. The van der Waals surface area contributed by atoms with Gasteiger partial charge in [0, 0.05) is 0 Å². The molecule has 0 bridgehead atoms. The lowest BCUT2D eigenvalue weighted by Crippen LogP contribution is -2.16. The second-order valence-corrected chi connectivity index (χ2v) is 4.08. The Hall–Kier alpha value is -1.26. The lowest BCUT2D eigenvalue weighted by Gasteiger charge is -2.16. The van der Waals surface area contributed by atoms with E-state index in [0.29, 0.717) is 18.4 Å². The molecule has 0 radical (unpaired) electrons. The summed E-state index contributed by atoms with van der Waals surface area (Å²) < 4.78 is 50.8. The van der Waals surface area contributed by atoms with Gasteiger partial charge in [0.1, 0.15) is 5.82 Å². The maximum atomic E-state index is 13.5. The van der Waals surface area contributed by atoms with Gasteiger partial charge >= 0.3 is 6.18 Å². The first-order chi connectivity index (χ1) is 7.76. The van der Waals surface area contributed by atoms with Crippen LogP contribution in [0.1, 0.15) is 30.0 Å². The van der Waals surface area contributed by atoms with Gasteiger partial charge in [-0.25, -0.2) is 4.39 Å². The second-order valence-electron chi connectivity index (χ2n) is 4.08. The van der Waals surface area contributed by atoms with Crippen molar-refractivity contribution in [1.29, 1.82) is 0 Å². The largest absolute Gasteiger partial charge is 0.396 e. The number of alkyl halides is 3. The number of nitrogen functional groups attached to an aromatic ring is 1. The quantitative estimate of drug-likeness (QED) is 0.640. The predicted octanol–water partition coefficient (Wildman–Crippen LogP) is 3.77. The summed E-state index contributed by atoms with van der Waals surface area (Å²) in [4.78, 5) is 0. The second kappa shape index (κ2) is 4.94. The molecule has 0 fully saturated rings. The molecule has 17 heavy (non-hydrogen) atoms. The van der Waals surface area contributed by atoms with Crippen molar-refractivity contribution in [2.75, 3.05) is 5.73 Å². The highest BCUT2D eigenvalue weighted by Gasteiger charge is 2.30. The van der Waals surface area contributed by atoms with E-state index in [9.17, 15) is 17.6 Å². The van der Waals surface area contributed by atoms with Gasteiger partial charge in [-0.05, 0) is 36.1 Å². The van der Waals surface area contributed by atoms with Crippen molar-refractivity contribution in [1.82, 2.24) is 0 Å². The molecular formula is C12H15F4N. The fraction of sp³-hybridized carbons (Fsp3) is 0.500. The summed E-state index contributed by atoms with van der Waals surface area (Å²) >= 11 is 0. The predicted molar refractivity (Wildman–Crippen MR) is 59.3 cm³/mol. The maximum Gasteiger partial charge on any atom is 0.393 e. The molecule has 1 aromatic rings. The fourth-order valence-corrected chi connectivity index (χ4v) is 1.87. The van der Waals surface area contributed by atoms with Crippen molar-refractivity contribution in [2.45, 2.75) is 39.3 Å². The molecule has 0 heterocycles. The van der Waals surface area contributed by atoms with E-state index in [4.69, 9.17) is 5.73 Å². The van der Waals surface area contributed by atoms with Gasteiger partial charge in [-0.1, -0.05) is 13.3 Å². The van der Waals surface area contributed by atoms with E-state index >= 15 is 0 Å². The summed E-state index contributed by atoms with van der Waals surface area (Å²) in [6.07, 6.45) is -4.28. The van der Waals surface area contributed by atoms with Crippen molar-refractivity contribution in [3.8, 4) is 0 Å². The van der Waals surface area contributed by atoms with E-state index in [0.717, 1.165) is 0 Å². The molecule has 1 rings (SSSR count). The molecule has 1 aromatic carbocycles. The highest BCUT2D eigenvalue weighted by molar-refractivity contribution is 5.51. The van der Waals surface area contributed by atoms with Crippen LogP contribution >= 0.6 is 0 Å². The van der Waals surface area contributed by atoms with Crippen molar-refractivity contribution >= 4 is 5.69 Å². The van der Waals surface area contributed by atoms with E-state index in [2.05, 4.69) is 0 Å². The molecule has 0 aromatic heterocycles. The van der Waals surface area contributed by atoms with Crippen LogP contribution < -0.4 is 5.73 Å². The average Bonchev–Trinajstić information content (AvgIpc) is 2.20. The van der Waals surface area contributed by atoms with Crippen molar-refractivity contribution in [3.05, 3.63) is 28.6 Å². The minimum absolute atomic E-state index is 0.00535. The minimum Gasteiger partial charge on any atom is -0.396 e. The standard InChI is InChI=1S/C12H15F4N/c1-3-4-8-5-10(17)11(13)7(2)9(8)6-12(14,15)16/h5H,3-4,6,17H2,1-2H3. The molecule has 0 saturated heterocycles. The Bertz CT molecular complexity index is 410. The number of hydrogen-bond donors (Lipinski definition) is 1. The van der Waals surface area contributed by atoms with Crippen molar-refractivity contribution in [3.63, 3.8) is 0 Å². The van der Waals surface area contributed by atoms with Crippen LogP contribution in [0.25, 0.3) is 0 Å². The number of anilines is 1. The van der Waals surface area contributed by atoms with Crippen LogP contribution in [0.3, 0.4) is 0 Å². The number of rotatable bonds is 3. The first kappa shape index (κ1) is 13.8. The van der Waals surface area contributed by atoms with Gasteiger partial charge in [0.15, 0.2) is 0 Å². The summed E-state index contributed by atoms with van der Waals surface area (Å²) in [6.45, 7) is 3.19. The zero-order valence-electron chi connectivity index (χ0n) is 9.79. The molecule has 0 aliphatic heterocycles. The van der Waals surface area contributed by atoms with Crippen LogP contribution in [-0.4, -0.2) is 6.18 Å². The summed E-state index contributed by atoms with van der Waals surface area (Å²) in [6, 6.07) is 1.31. The average molecular weight is 249 g/mol. The summed E-state index contributed by atoms with van der Waals surface area (Å²) in [5.74, 6) is -0.746. The first-order valence-electron chi connectivity index (χ1n) is 5.39. The van der Waals surface area contributed by atoms with Crippen LogP contribution in [0.4, 0.5) is 23.2 Å². The molecule has 0 unspecified atom stereocenters. The van der Waals surface area contributed by atoms with E-state index in [1.54, 1.807) is 0 Å². The van der Waals surface area contributed by atoms with Gasteiger partial charge in [-0.3, -0.25) is 0 Å². The normalized spacial score (nSPS) is 11.9. The molecule has 96 valence electrons. The first-order valence-corrected chi connectivity index (χ1v) is 5.39. The van der Waals surface area contributed by atoms with Crippen LogP contribution in [-0.2, 0) is 12.8 Å². The van der Waals surface area contributed by atoms with Gasteiger partial charge in [-0.2, -0.15) is 13.2 Å². The number of nitrogens with two attached hydrogens (primary N) is 1. The highest BCUT2D eigenvalue weighted by atomic mass is 19.4. The van der Waals surface area contributed by atoms with Crippen LogP contribution in [0.2, 0.25) is 0 Å². The molecule has 0 atom stereocenters. The van der Waals surface area contributed by atoms with Crippen LogP contribution in [0.15, 0.2) is 6.07 Å². The maximum absolute atomic E-state index is 13.5. The molecular weight excluding hydrogens is 234 g/mol. The summed E-state index contributed by atoms with van der Waals surface area (Å²) in [5, 5.41) is 0. The lowest BCUT2D eigenvalue weighted by molar-refractivity contribution is -0.127. The number of halogens is 4. The molecule has 0 aliphatic carbocycles. The topological polar surface area (TPSA) is 26.0 Å². The lowest BCUT2D eigenvalue weighted by atomic mass is 9.94. The monoisotopic (exact) mass is 249 g/mol. The Morgan fingerprint density at radius 2 is 1.88 bits per heavy atom. The molecule has 5 heteroatoms. The van der Waals surface area contributed by atoms with Crippen molar-refractivity contribution < 1.29 is 17.6 Å². The van der Waals surface area contributed by atoms with Gasteiger partial charge in [-0.15, -0.1) is 0 Å². The Kier molecular flexibility index (Phi) is 4.01. The van der Waals surface area contributed by atoms with Gasteiger partial charge in [0.05, 0.1) is 12.1 Å². The van der Waals surface area contributed by atoms with E-state index in [1.165, 1.54) is 13.0 Å². The SMILES string of the molecule is CCCc1cc(N)c(F)c(C)c1CC(F)(F)F. The Morgan fingerprint density at radius 1 is 1.29 bits per heavy atom. The summed E-state index contributed by atoms with van der Waals surface area (Å²) in [7, 11) is 0. The van der Waals surface area contributed by atoms with Crippen molar-refractivity contribution in [2.24, 2.45) is 0 Å². The van der Waals surface area contributed by atoms with E-state index < -0.39 is 18.4 Å². The third-order valence-corrected chi connectivity index (χ3v) is 2.65. The fourth-order valence-electron chi connectivity index (χ4n) is 1.87. The number of aryl methyl sites for hydroxylation is 1. The molecule has 0 saturated carbocycles. The third kappa shape index (κ3) is 3.35. The van der Waals surface area contributed by atoms with Crippen LogP contribution in [0, 0.1) is 12.7 Å². The summed E-state index contributed by atoms with van der Waals surface area (Å²) in [5.41, 5.74) is 5.85. The molecule has 1 nitrogen and oxygen atoms in total. The molecule has 0 amide bonds. The van der Waals surface area contributed by atoms with E-state index in [1.807, 2.05) is 6.92 Å². The van der Waals surface area contributed by atoms with E-state index in [-0.39, 0.29) is 16.8 Å². The number of hydrogen-bond acceptors (Lipinski definition) is 1.